The highest BCUT2D eigenvalue weighted by Crippen LogP contribution is 2.48. The third-order valence-electron chi connectivity index (χ3n) is 7.37. The first-order valence-electron chi connectivity index (χ1n) is 12.9. The third kappa shape index (κ3) is 5.09. The van der Waals surface area contributed by atoms with Gasteiger partial charge in [0.05, 0.1) is 18.2 Å². The van der Waals surface area contributed by atoms with Gasteiger partial charge < -0.3 is 19.8 Å². The largest absolute Gasteiger partial charge is 0.481 e. The molecule has 0 aliphatic heterocycles. The van der Waals surface area contributed by atoms with Gasteiger partial charge in [0, 0.05) is 23.4 Å². The van der Waals surface area contributed by atoms with Gasteiger partial charge in [-0.3, -0.25) is 0 Å². The fourth-order valence-corrected chi connectivity index (χ4v) is 5.47. The standard InChI is InChI=1S/C33H32N2O4/c1-35(2)19-18-33(38,28-15-9-13-22-10-7-8-14-26(22)28)30(23-11-5-4-6-12-23)27-21-25-20-24(32(36)37)16-17-29(25)34-31(27)39-3/h4-17,20-21,30,38H,18-19H2,1-3H3,(H,36,37). The van der Waals surface area contributed by atoms with Crippen LogP contribution in [-0.4, -0.2) is 53.8 Å². The van der Waals surface area contributed by atoms with E-state index in [1.807, 2.05) is 93.0 Å². The lowest BCUT2D eigenvalue weighted by Gasteiger charge is -2.39. The van der Waals surface area contributed by atoms with Crippen LogP contribution < -0.4 is 4.74 Å². The zero-order valence-electron chi connectivity index (χ0n) is 22.3. The Bertz CT molecular complexity index is 1630. The van der Waals surface area contributed by atoms with Crippen LogP contribution in [0, 0.1) is 0 Å². The minimum Gasteiger partial charge on any atom is -0.481 e. The highest BCUT2D eigenvalue weighted by molar-refractivity contribution is 5.94. The number of benzene rings is 4. The second-order valence-electron chi connectivity index (χ2n) is 10.1. The summed E-state index contributed by atoms with van der Waals surface area (Å²) in [6.07, 6.45) is 0.434. The number of methoxy groups -OCH3 is 1. The van der Waals surface area contributed by atoms with Crippen LogP contribution in [0.5, 0.6) is 5.88 Å². The van der Waals surface area contributed by atoms with Crippen molar-refractivity contribution in [2.24, 2.45) is 0 Å². The Hall–Kier alpha value is -4.26. The number of aliphatic hydroxyl groups is 1. The zero-order chi connectivity index (χ0) is 27.6. The number of hydrogen-bond acceptors (Lipinski definition) is 5. The monoisotopic (exact) mass is 520 g/mol. The number of carboxylic acids is 1. The molecule has 0 radical (unpaired) electrons. The molecule has 0 saturated heterocycles. The maximum atomic E-state index is 13.0. The summed E-state index contributed by atoms with van der Waals surface area (Å²) < 4.78 is 5.83. The van der Waals surface area contributed by atoms with Crippen molar-refractivity contribution in [1.29, 1.82) is 0 Å². The van der Waals surface area contributed by atoms with Crippen LogP contribution in [0.1, 0.15) is 39.4 Å². The van der Waals surface area contributed by atoms with Crippen LogP contribution in [0.15, 0.2) is 97.1 Å². The summed E-state index contributed by atoms with van der Waals surface area (Å²) in [7, 11) is 5.56. The number of carboxylic acid groups (broad SMARTS) is 1. The van der Waals surface area contributed by atoms with E-state index in [4.69, 9.17) is 9.72 Å². The van der Waals surface area contributed by atoms with E-state index < -0.39 is 17.5 Å². The number of nitrogens with zero attached hydrogens (tertiary/aromatic N) is 2. The Balaban J connectivity index is 1.84. The van der Waals surface area contributed by atoms with E-state index in [0.717, 1.165) is 21.9 Å². The van der Waals surface area contributed by atoms with E-state index in [0.29, 0.717) is 35.3 Å². The lowest BCUT2D eigenvalue weighted by Crippen LogP contribution is -2.38. The first kappa shape index (κ1) is 26.4. The number of fused-ring (bicyclic) bond motifs is 2. The van der Waals surface area contributed by atoms with Gasteiger partial charge in [-0.25, -0.2) is 9.78 Å². The number of carbonyl (C=O) groups is 1. The molecule has 0 spiro atoms. The van der Waals surface area contributed by atoms with Crippen molar-refractivity contribution in [3.8, 4) is 5.88 Å². The van der Waals surface area contributed by atoms with Crippen molar-refractivity contribution in [1.82, 2.24) is 9.88 Å². The average molecular weight is 521 g/mol. The highest BCUT2D eigenvalue weighted by atomic mass is 16.5. The van der Waals surface area contributed by atoms with Gasteiger partial charge in [0.1, 0.15) is 5.60 Å². The van der Waals surface area contributed by atoms with Gasteiger partial charge in [-0.1, -0.05) is 72.8 Å². The number of aromatic nitrogens is 1. The molecule has 0 fully saturated rings. The second kappa shape index (κ2) is 10.8. The SMILES string of the molecule is COc1nc2ccc(C(=O)O)cc2cc1C(c1ccccc1)C(O)(CCN(C)C)c1cccc2ccccc12. The molecule has 0 amide bonds. The Labute approximate surface area is 228 Å². The van der Waals surface area contributed by atoms with Crippen LogP contribution >= 0.6 is 0 Å². The van der Waals surface area contributed by atoms with Gasteiger partial charge in [-0.05, 0) is 66.7 Å². The molecule has 6 nitrogen and oxygen atoms in total. The summed E-state index contributed by atoms with van der Waals surface area (Å²) in [6, 6.07) is 30.7. The Morgan fingerprint density at radius 1 is 0.923 bits per heavy atom. The molecule has 5 rings (SSSR count). The molecule has 1 heterocycles. The first-order chi connectivity index (χ1) is 18.8. The smallest absolute Gasteiger partial charge is 0.335 e. The molecule has 1 aromatic heterocycles. The van der Waals surface area contributed by atoms with Gasteiger partial charge in [0.15, 0.2) is 0 Å². The fourth-order valence-electron chi connectivity index (χ4n) is 5.47. The summed E-state index contributed by atoms with van der Waals surface area (Å²) in [4.78, 5) is 18.6. The molecule has 0 saturated carbocycles. The Morgan fingerprint density at radius 3 is 2.36 bits per heavy atom. The normalized spacial score (nSPS) is 13.9. The number of ether oxygens (including phenoxy) is 1. The lowest BCUT2D eigenvalue weighted by atomic mass is 9.70. The van der Waals surface area contributed by atoms with Crippen LogP contribution in [-0.2, 0) is 5.60 Å². The van der Waals surface area contributed by atoms with Crippen molar-refractivity contribution in [2.45, 2.75) is 17.9 Å². The van der Waals surface area contributed by atoms with Crippen molar-refractivity contribution < 1.29 is 19.7 Å². The summed E-state index contributed by atoms with van der Waals surface area (Å²) >= 11 is 0. The van der Waals surface area contributed by atoms with E-state index >= 15 is 0 Å². The minimum atomic E-state index is -1.36. The van der Waals surface area contributed by atoms with Crippen molar-refractivity contribution >= 4 is 27.6 Å². The molecular weight excluding hydrogens is 488 g/mol. The van der Waals surface area contributed by atoms with Gasteiger partial charge in [0.2, 0.25) is 5.88 Å². The van der Waals surface area contributed by atoms with Gasteiger partial charge >= 0.3 is 5.97 Å². The van der Waals surface area contributed by atoms with Crippen molar-refractivity contribution in [3.05, 3.63) is 119 Å². The lowest BCUT2D eigenvalue weighted by molar-refractivity contribution is 0.00519. The molecule has 0 aliphatic rings. The number of rotatable bonds is 9. The Morgan fingerprint density at radius 2 is 1.64 bits per heavy atom. The fraction of sp³-hybridized carbons (Fsp3) is 0.212. The summed E-state index contributed by atoms with van der Waals surface area (Å²) in [5, 5.41) is 25.3. The van der Waals surface area contributed by atoms with E-state index in [2.05, 4.69) is 4.90 Å². The molecule has 0 bridgehead atoms. The molecule has 39 heavy (non-hydrogen) atoms. The summed E-state index contributed by atoms with van der Waals surface area (Å²) in [5.41, 5.74) is 1.84. The van der Waals surface area contributed by atoms with Crippen LogP contribution in [0.2, 0.25) is 0 Å². The van der Waals surface area contributed by atoms with Gasteiger partial charge in [-0.15, -0.1) is 0 Å². The molecule has 2 N–H and O–H groups in total. The minimum absolute atomic E-state index is 0.175. The predicted octanol–water partition coefficient (Wildman–Crippen LogP) is 6.07. The van der Waals surface area contributed by atoms with E-state index in [-0.39, 0.29) is 5.56 Å². The van der Waals surface area contributed by atoms with Gasteiger partial charge in [0.25, 0.3) is 0 Å². The third-order valence-corrected chi connectivity index (χ3v) is 7.37. The van der Waals surface area contributed by atoms with Crippen LogP contribution in [0.4, 0.5) is 0 Å². The molecule has 0 aliphatic carbocycles. The molecule has 2 unspecified atom stereocenters. The summed E-state index contributed by atoms with van der Waals surface area (Å²) in [5.74, 6) is -1.18. The van der Waals surface area contributed by atoms with Crippen LogP contribution in [0.25, 0.3) is 21.7 Å². The predicted molar refractivity (Wildman–Crippen MR) is 155 cm³/mol. The number of pyridine rings is 1. The average Bonchev–Trinajstić information content (AvgIpc) is 2.95. The molecule has 4 aromatic carbocycles. The quantitative estimate of drug-likeness (QED) is 0.246. The highest BCUT2D eigenvalue weighted by Gasteiger charge is 2.43. The topological polar surface area (TPSA) is 82.9 Å². The van der Waals surface area contributed by atoms with Crippen molar-refractivity contribution in [2.75, 3.05) is 27.7 Å². The van der Waals surface area contributed by atoms with Crippen LogP contribution in [0.3, 0.4) is 0 Å². The zero-order valence-corrected chi connectivity index (χ0v) is 22.3. The second-order valence-corrected chi connectivity index (χ2v) is 10.1. The first-order valence-corrected chi connectivity index (χ1v) is 12.9. The molecule has 198 valence electrons. The van der Waals surface area contributed by atoms with E-state index in [1.165, 1.54) is 6.07 Å². The summed E-state index contributed by atoms with van der Waals surface area (Å²) in [6.45, 7) is 0.634. The maximum Gasteiger partial charge on any atom is 0.335 e. The molecule has 2 atom stereocenters. The number of aromatic carboxylic acids is 1. The van der Waals surface area contributed by atoms with Crippen molar-refractivity contribution in [3.63, 3.8) is 0 Å². The molecule has 6 heteroatoms. The van der Waals surface area contributed by atoms with Gasteiger partial charge in [-0.2, -0.15) is 0 Å². The molecule has 5 aromatic rings. The number of hydrogen-bond donors (Lipinski definition) is 2. The molecular formula is C33H32N2O4. The maximum absolute atomic E-state index is 13.0. The van der Waals surface area contributed by atoms with E-state index in [1.54, 1.807) is 19.2 Å². The van der Waals surface area contributed by atoms with E-state index in [9.17, 15) is 15.0 Å². The Kier molecular flexibility index (Phi) is 7.33.